The minimum atomic E-state index is -3.31. The maximum Gasteiger partial charge on any atom is 0.338 e. The fourth-order valence-electron chi connectivity index (χ4n) is 2.31. The molecule has 7 heteroatoms. The van der Waals surface area contributed by atoms with Crippen LogP contribution in [-0.2, 0) is 19.4 Å². The molecule has 1 saturated heterocycles. The minimum absolute atomic E-state index is 0.130. The lowest BCUT2D eigenvalue weighted by Gasteiger charge is -2.20. The van der Waals surface area contributed by atoms with Gasteiger partial charge in [0, 0.05) is 19.3 Å². The van der Waals surface area contributed by atoms with E-state index in [1.165, 1.54) is 24.3 Å². The number of carbonyl (C=O) groups is 2. The molecule has 0 N–H and O–H groups in total. The third-order valence-corrected chi connectivity index (χ3v) is 4.70. The zero-order valence-electron chi connectivity index (χ0n) is 12.6. The molecule has 6 nitrogen and oxygen atoms in total. The molecule has 0 saturated carbocycles. The van der Waals surface area contributed by atoms with Gasteiger partial charge in [-0.15, -0.1) is 0 Å². The highest BCUT2D eigenvalue weighted by Gasteiger charge is 2.26. The Morgan fingerprint density at radius 2 is 1.68 bits per heavy atom. The van der Waals surface area contributed by atoms with E-state index in [1.807, 2.05) is 0 Å². The Morgan fingerprint density at radius 3 is 2.18 bits per heavy atom. The number of benzene rings is 1. The Kier molecular flexibility index (Phi) is 4.85. The standard InChI is InChI=1S/C15H19NO5S/c1-11(14(17)16-9-3-4-10-16)21-15(18)12-5-7-13(8-6-12)22(2,19)20/h5-8,11H,3-4,9-10H2,1-2H3. The second-order valence-corrected chi connectivity index (χ2v) is 7.39. The van der Waals surface area contributed by atoms with E-state index in [0.29, 0.717) is 13.1 Å². The molecule has 0 bridgehead atoms. The van der Waals surface area contributed by atoms with Crippen molar-refractivity contribution in [1.29, 1.82) is 0 Å². The van der Waals surface area contributed by atoms with Crippen molar-refractivity contribution < 1.29 is 22.7 Å². The van der Waals surface area contributed by atoms with Gasteiger partial charge in [0.15, 0.2) is 15.9 Å². The van der Waals surface area contributed by atoms with E-state index in [9.17, 15) is 18.0 Å². The van der Waals surface area contributed by atoms with Crippen LogP contribution in [0.2, 0.25) is 0 Å². The smallest absolute Gasteiger partial charge is 0.338 e. The molecule has 1 heterocycles. The predicted octanol–water partition coefficient (Wildman–Crippen LogP) is 1.26. The highest BCUT2D eigenvalue weighted by Crippen LogP contribution is 2.14. The van der Waals surface area contributed by atoms with Crippen LogP contribution in [0.1, 0.15) is 30.1 Å². The molecule has 22 heavy (non-hydrogen) atoms. The Hall–Kier alpha value is -1.89. The first-order chi connectivity index (χ1) is 10.3. The van der Waals surface area contributed by atoms with Crippen LogP contribution in [0, 0.1) is 0 Å². The van der Waals surface area contributed by atoms with Crippen molar-refractivity contribution in [3.63, 3.8) is 0 Å². The Morgan fingerprint density at radius 1 is 1.14 bits per heavy atom. The average molecular weight is 325 g/mol. The van der Waals surface area contributed by atoms with Crippen LogP contribution in [-0.4, -0.2) is 50.6 Å². The first kappa shape index (κ1) is 16.5. The first-order valence-electron chi connectivity index (χ1n) is 7.09. The van der Waals surface area contributed by atoms with E-state index >= 15 is 0 Å². The maximum atomic E-state index is 12.1. The van der Waals surface area contributed by atoms with Crippen molar-refractivity contribution in [3.05, 3.63) is 29.8 Å². The van der Waals surface area contributed by atoms with E-state index in [1.54, 1.807) is 11.8 Å². The molecule has 0 aromatic heterocycles. The van der Waals surface area contributed by atoms with Crippen molar-refractivity contribution in [2.45, 2.75) is 30.8 Å². The van der Waals surface area contributed by atoms with Gasteiger partial charge in [-0.2, -0.15) is 0 Å². The zero-order valence-corrected chi connectivity index (χ0v) is 13.4. The quantitative estimate of drug-likeness (QED) is 0.779. The number of rotatable bonds is 4. The predicted molar refractivity (Wildman–Crippen MR) is 80.2 cm³/mol. The molecule has 1 atom stereocenters. The molecule has 1 aromatic rings. The molecule has 1 amide bonds. The van der Waals surface area contributed by atoms with E-state index in [-0.39, 0.29) is 16.4 Å². The van der Waals surface area contributed by atoms with E-state index in [2.05, 4.69) is 0 Å². The van der Waals surface area contributed by atoms with Gasteiger partial charge in [0.25, 0.3) is 5.91 Å². The lowest BCUT2D eigenvalue weighted by molar-refractivity contribution is -0.138. The third-order valence-electron chi connectivity index (χ3n) is 3.57. The van der Waals surface area contributed by atoms with Gasteiger partial charge in [0.05, 0.1) is 10.5 Å². The number of amides is 1. The highest BCUT2D eigenvalue weighted by molar-refractivity contribution is 7.90. The van der Waals surface area contributed by atoms with Crippen molar-refractivity contribution in [2.24, 2.45) is 0 Å². The largest absolute Gasteiger partial charge is 0.449 e. The molecule has 0 spiro atoms. The number of hydrogen-bond donors (Lipinski definition) is 0. The van der Waals surface area contributed by atoms with Gasteiger partial charge in [-0.1, -0.05) is 0 Å². The van der Waals surface area contributed by atoms with Crippen LogP contribution in [0.5, 0.6) is 0 Å². The number of ether oxygens (including phenoxy) is 1. The summed E-state index contributed by atoms with van der Waals surface area (Å²) < 4.78 is 27.9. The van der Waals surface area contributed by atoms with Crippen LogP contribution in [0.15, 0.2) is 29.2 Å². The van der Waals surface area contributed by atoms with Crippen LogP contribution >= 0.6 is 0 Å². The number of esters is 1. The molecule has 0 aliphatic carbocycles. The van der Waals surface area contributed by atoms with Crippen LogP contribution in [0.4, 0.5) is 0 Å². The molecule has 1 unspecified atom stereocenters. The second kappa shape index (κ2) is 6.48. The Balaban J connectivity index is 2.01. The summed E-state index contributed by atoms with van der Waals surface area (Å²) >= 11 is 0. The van der Waals surface area contributed by atoms with Gasteiger partial charge in [-0.25, -0.2) is 13.2 Å². The second-order valence-electron chi connectivity index (χ2n) is 5.38. The molecule has 1 fully saturated rings. The summed E-state index contributed by atoms with van der Waals surface area (Å²) in [5.41, 5.74) is 0.216. The summed E-state index contributed by atoms with van der Waals surface area (Å²) in [6.45, 7) is 2.94. The van der Waals surface area contributed by atoms with Gasteiger partial charge in [-0.3, -0.25) is 4.79 Å². The van der Waals surface area contributed by atoms with Gasteiger partial charge < -0.3 is 9.64 Å². The van der Waals surface area contributed by atoms with Gasteiger partial charge >= 0.3 is 5.97 Å². The van der Waals surface area contributed by atoms with Gasteiger partial charge in [0.1, 0.15) is 0 Å². The Labute approximate surface area is 130 Å². The molecule has 1 aromatic carbocycles. The highest BCUT2D eigenvalue weighted by atomic mass is 32.2. The van der Waals surface area contributed by atoms with Crippen molar-refractivity contribution in [1.82, 2.24) is 4.90 Å². The van der Waals surface area contributed by atoms with Gasteiger partial charge in [-0.05, 0) is 44.0 Å². The maximum absolute atomic E-state index is 12.1. The molecular formula is C15H19NO5S. The number of hydrogen-bond acceptors (Lipinski definition) is 5. The summed E-state index contributed by atoms with van der Waals surface area (Å²) in [4.78, 5) is 25.9. The number of carbonyl (C=O) groups excluding carboxylic acids is 2. The van der Waals surface area contributed by atoms with E-state index in [4.69, 9.17) is 4.74 Å². The summed E-state index contributed by atoms with van der Waals surface area (Å²) in [6, 6.07) is 5.45. The minimum Gasteiger partial charge on any atom is -0.449 e. The molecule has 1 aliphatic rings. The lowest BCUT2D eigenvalue weighted by atomic mass is 10.2. The van der Waals surface area contributed by atoms with Crippen LogP contribution in [0.25, 0.3) is 0 Å². The number of likely N-dealkylation sites (tertiary alicyclic amines) is 1. The lowest BCUT2D eigenvalue weighted by Crippen LogP contribution is -2.38. The number of nitrogens with zero attached hydrogens (tertiary/aromatic N) is 1. The zero-order chi connectivity index (χ0) is 16.3. The monoisotopic (exact) mass is 325 g/mol. The SMILES string of the molecule is CC(OC(=O)c1ccc(S(C)(=O)=O)cc1)C(=O)N1CCCC1. The van der Waals surface area contributed by atoms with Crippen molar-refractivity contribution >= 4 is 21.7 Å². The Bertz CT molecular complexity index is 660. The molecule has 1 aliphatic heterocycles. The molecule has 120 valence electrons. The average Bonchev–Trinajstić information content (AvgIpc) is 2.99. The van der Waals surface area contributed by atoms with Crippen LogP contribution in [0.3, 0.4) is 0 Å². The summed E-state index contributed by atoms with van der Waals surface area (Å²) in [5, 5.41) is 0. The molecule has 2 rings (SSSR count). The fraction of sp³-hybridized carbons (Fsp3) is 0.467. The summed E-state index contributed by atoms with van der Waals surface area (Å²) in [5.74, 6) is -0.835. The summed E-state index contributed by atoms with van der Waals surface area (Å²) in [6.07, 6.45) is 2.19. The third kappa shape index (κ3) is 3.85. The molecule has 0 radical (unpaired) electrons. The van der Waals surface area contributed by atoms with Crippen LogP contribution < -0.4 is 0 Å². The normalized spacial score (nSPS) is 16.4. The van der Waals surface area contributed by atoms with Gasteiger partial charge in [0.2, 0.25) is 0 Å². The topological polar surface area (TPSA) is 80.8 Å². The molecular weight excluding hydrogens is 306 g/mol. The van der Waals surface area contributed by atoms with Crippen molar-refractivity contribution in [3.8, 4) is 0 Å². The number of sulfone groups is 1. The van der Waals surface area contributed by atoms with Crippen molar-refractivity contribution in [2.75, 3.05) is 19.3 Å². The van der Waals surface area contributed by atoms with E-state index in [0.717, 1.165) is 19.1 Å². The first-order valence-corrected chi connectivity index (χ1v) is 8.98. The van der Waals surface area contributed by atoms with E-state index < -0.39 is 21.9 Å². The fourth-order valence-corrected chi connectivity index (χ4v) is 2.94. The summed E-state index contributed by atoms with van der Waals surface area (Å²) in [7, 11) is -3.31.